The molecule has 0 saturated carbocycles. The number of sulfonamides is 1. The fraction of sp³-hybridized carbons (Fsp3) is 0.500. The van der Waals surface area contributed by atoms with Crippen LogP contribution in [-0.4, -0.2) is 34.1 Å². The maximum absolute atomic E-state index is 12.1. The third-order valence-corrected chi connectivity index (χ3v) is 4.77. The first kappa shape index (κ1) is 16.3. The lowest BCUT2D eigenvalue weighted by Gasteiger charge is -2.11. The average molecular weight is 304 g/mol. The second-order valence-electron chi connectivity index (χ2n) is 3.93. The van der Waals surface area contributed by atoms with Crippen LogP contribution in [0.4, 0.5) is 0 Å². The number of thioether (sulfide) groups is 1. The van der Waals surface area contributed by atoms with Gasteiger partial charge in [-0.2, -0.15) is 11.8 Å². The summed E-state index contributed by atoms with van der Waals surface area (Å²) in [4.78, 5) is 0.149. The van der Waals surface area contributed by atoms with Crippen molar-refractivity contribution < 1.29 is 13.2 Å². The summed E-state index contributed by atoms with van der Waals surface area (Å²) >= 11 is 1.69. The molecule has 5 nitrogen and oxygen atoms in total. The number of benzene rings is 1. The van der Waals surface area contributed by atoms with E-state index in [2.05, 4.69) is 4.72 Å². The van der Waals surface area contributed by atoms with E-state index in [-0.39, 0.29) is 4.90 Å². The molecule has 0 radical (unpaired) electrons. The van der Waals surface area contributed by atoms with Crippen LogP contribution >= 0.6 is 11.8 Å². The van der Waals surface area contributed by atoms with Gasteiger partial charge in [0, 0.05) is 13.1 Å². The van der Waals surface area contributed by atoms with Gasteiger partial charge in [-0.05, 0) is 36.1 Å². The molecule has 0 aliphatic carbocycles. The molecule has 1 aromatic rings. The van der Waals surface area contributed by atoms with Gasteiger partial charge in [0.2, 0.25) is 10.0 Å². The zero-order chi connectivity index (χ0) is 14.3. The summed E-state index contributed by atoms with van der Waals surface area (Å²) in [7, 11) is -2.09. The monoisotopic (exact) mass is 304 g/mol. The standard InChI is InChI=1S/C12H20N2O3S2/c1-17-11-8-10(9-13)4-5-12(11)19(15,16)14-6-3-7-18-2/h4-5,8,14H,3,6-7,9,13H2,1-2H3. The summed E-state index contributed by atoms with van der Waals surface area (Å²) in [6, 6.07) is 4.87. The summed E-state index contributed by atoms with van der Waals surface area (Å²) in [5.74, 6) is 1.24. The van der Waals surface area contributed by atoms with Crippen LogP contribution in [0.2, 0.25) is 0 Å². The van der Waals surface area contributed by atoms with Crippen LogP contribution in [0.15, 0.2) is 23.1 Å². The van der Waals surface area contributed by atoms with E-state index in [9.17, 15) is 8.42 Å². The Kier molecular flexibility index (Phi) is 6.64. The maximum Gasteiger partial charge on any atom is 0.244 e. The molecule has 3 N–H and O–H groups in total. The van der Waals surface area contributed by atoms with Gasteiger partial charge in [-0.1, -0.05) is 6.07 Å². The zero-order valence-electron chi connectivity index (χ0n) is 11.2. The van der Waals surface area contributed by atoms with Crippen molar-refractivity contribution in [3.63, 3.8) is 0 Å². The smallest absolute Gasteiger partial charge is 0.244 e. The van der Waals surface area contributed by atoms with Gasteiger partial charge in [-0.25, -0.2) is 13.1 Å². The van der Waals surface area contributed by atoms with Crippen molar-refractivity contribution in [2.45, 2.75) is 17.9 Å². The molecule has 0 amide bonds. The normalized spacial score (nSPS) is 11.5. The zero-order valence-corrected chi connectivity index (χ0v) is 12.8. The summed E-state index contributed by atoms with van der Waals surface area (Å²) in [6.45, 7) is 0.767. The van der Waals surface area contributed by atoms with Crippen molar-refractivity contribution in [1.29, 1.82) is 0 Å². The molecule has 0 atom stereocenters. The first-order chi connectivity index (χ1) is 9.05. The molecule has 108 valence electrons. The molecule has 0 aliphatic heterocycles. The molecule has 19 heavy (non-hydrogen) atoms. The largest absolute Gasteiger partial charge is 0.495 e. The van der Waals surface area contributed by atoms with Crippen LogP contribution in [0.5, 0.6) is 5.75 Å². The Morgan fingerprint density at radius 3 is 2.74 bits per heavy atom. The maximum atomic E-state index is 12.1. The highest BCUT2D eigenvalue weighted by atomic mass is 32.2. The minimum atomic E-state index is -3.53. The van der Waals surface area contributed by atoms with Crippen molar-refractivity contribution in [2.24, 2.45) is 5.73 Å². The Morgan fingerprint density at radius 1 is 1.42 bits per heavy atom. The topological polar surface area (TPSA) is 81.4 Å². The SMILES string of the molecule is COc1cc(CN)ccc1S(=O)(=O)NCCCSC. The van der Waals surface area contributed by atoms with Gasteiger partial charge < -0.3 is 10.5 Å². The van der Waals surface area contributed by atoms with Crippen LogP contribution in [-0.2, 0) is 16.6 Å². The van der Waals surface area contributed by atoms with Crippen molar-refractivity contribution >= 4 is 21.8 Å². The summed E-state index contributed by atoms with van der Waals surface area (Å²) < 4.78 is 32.0. The van der Waals surface area contributed by atoms with Crippen LogP contribution in [0, 0.1) is 0 Å². The Labute approximate surface area is 119 Å². The molecular weight excluding hydrogens is 284 g/mol. The van der Waals surface area contributed by atoms with Gasteiger partial charge in [0.1, 0.15) is 10.6 Å². The number of hydrogen-bond donors (Lipinski definition) is 2. The number of ether oxygens (including phenoxy) is 1. The van der Waals surface area contributed by atoms with Crippen molar-refractivity contribution in [3.05, 3.63) is 23.8 Å². The molecule has 1 rings (SSSR count). The van der Waals surface area contributed by atoms with Gasteiger partial charge in [0.05, 0.1) is 7.11 Å². The molecular formula is C12H20N2O3S2. The molecule has 0 unspecified atom stereocenters. The number of nitrogens with two attached hydrogens (primary N) is 1. The van der Waals surface area contributed by atoms with Crippen molar-refractivity contribution in [2.75, 3.05) is 25.7 Å². The van der Waals surface area contributed by atoms with Crippen LogP contribution in [0.3, 0.4) is 0 Å². The van der Waals surface area contributed by atoms with Crippen molar-refractivity contribution in [3.8, 4) is 5.75 Å². The molecule has 0 spiro atoms. The predicted molar refractivity (Wildman–Crippen MR) is 79.1 cm³/mol. The highest BCUT2D eigenvalue weighted by Crippen LogP contribution is 2.24. The van der Waals surface area contributed by atoms with Crippen LogP contribution in [0.25, 0.3) is 0 Å². The van der Waals surface area contributed by atoms with Gasteiger partial charge in [0.25, 0.3) is 0 Å². The number of hydrogen-bond acceptors (Lipinski definition) is 5. The highest BCUT2D eigenvalue weighted by Gasteiger charge is 2.18. The third kappa shape index (κ3) is 4.68. The second kappa shape index (κ2) is 7.74. The van der Waals surface area contributed by atoms with Gasteiger partial charge in [-0.15, -0.1) is 0 Å². The van der Waals surface area contributed by atoms with Gasteiger partial charge in [0.15, 0.2) is 0 Å². The van der Waals surface area contributed by atoms with Crippen LogP contribution < -0.4 is 15.2 Å². The van der Waals surface area contributed by atoms with Gasteiger partial charge >= 0.3 is 0 Å². The second-order valence-corrected chi connectivity index (χ2v) is 6.65. The Hall–Kier alpha value is -0.760. The molecule has 0 aliphatic rings. The summed E-state index contributed by atoms with van der Waals surface area (Å²) in [5, 5.41) is 0. The fourth-order valence-corrected chi connectivity index (χ4v) is 3.22. The fourth-order valence-electron chi connectivity index (χ4n) is 1.56. The number of nitrogens with one attached hydrogen (secondary N) is 1. The van der Waals surface area contributed by atoms with E-state index in [0.717, 1.165) is 17.7 Å². The Bertz CT molecular complexity index is 504. The van der Waals surface area contributed by atoms with E-state index in [4.69, 9.17) is 10.5 Å². The number of rotatable bonds is 8. The molecule has 0 aromatic heterocycles. The molecule has 0 heterocycles. The first-order valence-electron chi connectivity index (χ1n) is 5.90. The van der Waals surface area contributed by atoms with Crippen molar-refractivity contribution in [1.82, 2.24) is 4.72 Å². The Morgan fingerprint density at radius 2 is 2.16 bits per heavy atom. The lowest BCUT2D eigenvalue weighted by molar-refractivity contribution is 0.401. The summed E-state index contributed by atoms with van der Waals surface area (Å²) in [5.41, 5.74) is 6.35. The van der Waals surface area contributed by atoms with E-state index in [0.29, 0.717) is 18.8 Å². The molecule has 1 aromatic carbocycles. The van der Waals surface area contributed by atoms with E-state index in [1.165, 1.54) is 13.2 Å². The lowest BCUT2D eigenvalue weighted by Crippen LogP contribution is -2.25. The van der Waals surface area contributed by atoms with Gasteiger partial charge in [-0.3, -0.25) is 0 Å². The summed E-state index contributed by atoms with van der Waals surface area (Å²) in [6.07, 6.45) is 2.78. The molecule has 0 saturated heterocycles. The molecule has 0 fully saturated rings. The lowest BCUT2D eigenvalue weighted by atomic mass is 10.2. The average Bonchev–Trinajstić information content (AvgIpc) is 2.42. The van der Waals surface area contributed by atoms with E-state index >= 15 is 0 Å². The Balaban J connectivity index is 2.88. The minimum absolute atomic E-state index is 0.149. The third-order valence-electron chi connectivity index (χ3n) is 2.57. The predicted octanol–water partition coefficient (Wildman–Crippen LogP) is 1.19. The van der Waals surface area contributed by atoms with E-state index in [1.54, 1.807) is 23.9 Å². The van der Waals surface area contributed by atoms with Crippen LogP contribution in [0.1, 0.15) is 12.0 Å². The molecule has 7 heteroatoms. The molecule has 0 bridgehead atoms. The quantitative estimate of drug-likeness (QED) is 0.705. The van der Waals surface area contributed by atoms with E-state index in [1.807, 2.05) is 6.26 Å². The first-order valence-corrected chi connectivity index (χ1v) is 8.78. The highest BCUT2D eigenvalue weighted by molar-refractivity contribution is 7.98. The minimum Gasteiger partial charge on any atom is -0.495 e. The number of methoxy groups -OCH3 is 1. The van der Waals surface area contributed by atoms with E-state index < -0.39 is 10.0 Å².